The molecule has 44 heavy (non-hydrogen) atoms. The van der Waals surface area contributed by atoms with Crippen LogP contribution in [0.1, 0.15) is 35.4 Å². The second-order valence-electron chi connectivity index (χ2n) is 10.2. The Hall–Kier alpha value is -4.67. The monoisotopic (exact) mass is 668 g/mol. The molecular weight excluding hydrogens is 644 g/mol. The fraction of sp³-hybridized carbons (Fsp3) is 0.147. The van der Waals surface area contributed by atoms with Gasteiger partial charge in [-0.2, -0.15) is 0 Å². The lowest BCUT2D eigenvalue weighted by atomic mass is 9.93. The number of thiazole rings is 1. The van der Waals surface area contributed by atoms with Gasteiger partial charge in [0, 0.05) is 21.7 Å². The minimum absolute atomic E-state index is 0.0989. The molecule has 2 aliphatic heterocycles. The molecule has 2 aromatic heterocycles. The lowest BCUT2D eigenvalue weighted by Gasteiger charge is -2.26. The number of hydrogen-bond donors (Lipinski definition) is 0. The molecule has 0 amide bonds. The summed E-state index contributed by atoms with van der Waals surface area (Å²) in [6.07, 6.45) is 1.71. The predicted molar refractivity (Wildman–Crippen MR) is 170 cm³/mol. The molecule has 0 saturated heterocycles. The van der Waals surface area contributed by atoms with Crippen LogP contribution in [0.4, 0.5) is 0 Å². The maximum absolute atomic E-state index is 14.2. The average molecular weight is 670 g/mol. The van der Waals surface area contributed by atoms with E-state index in [4.69, 9.17) is 23.6 Å². The fourth-order valence-corrected chi connectivity index (χ4v) is 7.03. The number of carbonyl (C=O) groups is 1. The van der Waals surface area contributed by atoms with Gasteiger partial charge < -0.3 is 18.6 Å². The summed E-state index contributed by atoms with van der Waals surface area (Å²) in [4.78, 5) is 33.2. The van der Waals surface area contributed by atoms with Crippen LogP contribution in [0.3, 0.4) is 0 Å². The van der Waals surface area contributed by atoms with Crippen molar-refractivity contribution in [2.24, 2.45) is 4.99 Å². The van der Waals surface area contributed by atoms with Gasteiger partial charge in [-0.3, -0.25) is 9.36 Å². The summed E-state index contributed by atoms with van der Waals surface area (Å²) >= 11 is 4.85. The normalized spacial score (nSPS) is 15.7. The average Bonchev–Trinajstić information content (AvgIpc) is 3.76. The SMILES string of the molecule is CCOC(=O)C1=C(c2ccccc2)N=c2s/c(=C/c3ccc(-c4ccc(C)cc4Br)o3)c(=O)n2[C@@H]1c1ccc2c(c1)OCO2. The first-order valence-electron chi connectivity index (χ1n) is 14.0. The number of fused-ring (bicyclic) bond motifs is 2. The van der Waals surface area contributed by atoms with Crippen LogP contribution >= 0.6 is 27.3 Å². The first kappa shape index (κ1) is 28.1. The van der Waals surface area contributed by atoms with Crippen molar-refractivity contribution in [1.82, 2.24) is 4.57 Å². The minimum Gasteiger partial charge on any atom is -0.463 e. The molecule has 1 atom stereocenters. The van der Waals surface area contributed by atoms with E-state index in [-0.39, 0.29) is 24.5 Å². The molecule has 0 unspecified atom stereocenters. The van der Waals surface area contributed by atoms with Crippen molar-refractivity contribution < 1.29 is 23.4 Å². The van der Waals surface area contributed by atoms with Crippen LogP contribution in [0, 0.1) is 6.92 Å². The van der Waals surface area contributed by atoms with E-state index in [0.29, 0.717) is 43.6 Å². The summed E-state index contributed by atoms with van der Waals surface area (Å²) in [6.45, 7) is 4.04. The Morgan fingerprint density at radius 2 is 1.89 bits per heavy atom. The molecule has 220 valence electrons. The Balaban J connectivity index is 1.43. The third kappa shape index (κ3) is 4.99. The van der Waals surface area contributed by atoms with Gasteiger partial charge in [0.05, 0.1) is 28.5 Å². The van der Waals surface area contributed by atoms with Crippen molar-refractivity contribution in [3.8, 4) is 22.8 Å². The van der Waals surface area contributed by atoms with Gasteiger partial charge >= 0.3 is 5.97 Å². The fourth-order valence-electron chi connectivity index (χ4n) is 5.36. The number of halogens is 1. The molecule has 7 rings (SSSR count). The molecule has 10 heteroatoms. The Morgan fingerprint density at radius 3 is 2.68 bits per heavy atom. The van der Waals surface area contributed by atoms with Crippen molar-refractivity contribution in [3.05, 3.63) is 131 Å². The number of nitrogens with zero attached hydrogens (tertiary/aromatic N) is 2. The Kier molecular flexibility index (Phi) is 7.31. The molecule has 0 aliphatic carbocycles. The van der Waals surface area contributed by atoms with E-state index < -0.39 is 12.0 Å². The van der Waals surface area contributed by atoms with Gasteiger partial charge in [-0.05, 0) is 61.4 Å². The molecule has 3 aromatic carbocycles. The molecule has 0 radical (unpaired) electrons. The molecule has 4 heterocycles. The Labute approximate surface area is 264 Å². The van der Waals surface area contributed by atoms with Crippen LogP contribution in [0.2, 0.25) is 0 Å². The van der Waals surface area contributed by atoms with E-state index in [0.717, 1.165) is 21.2 Å². The number of carbonyl (C=O) groups excluding carboxylic acids is 1. The summed E-state index contributed by atoms with van der Waals surface area (Å²) in [5.41, 5.74) is 3.84. The molecule has 0 saturated carbocycles. The van der Waals surface area contributed by atoms with Gasteiger partial charge in [0.1, 0.15) is 11.5 Å². The van der Waals surface area contributed by atoms with E-state index in [1.165, 1.54) is 11.3 Å². The highest BCUT2D eigenvalue weighted by Crippen LogP contribution is 2.40. The standard InChI is InChI=1S/C34H25BrN2O6S/c1-3-40-33(39)29-30(20-7-5-4-6-8-20)36-34-37(31(29)21-10-13-26-27(16-21)42-18-41-26)32(38)28(44-34)17-22-11-14-25(43-22)23-12-9-19(2)15-24(23)35/h4-17,31H,3,18H2,1-2H3/b28-17+/t31-/m1/s1. The van der Waals surface area contributed by atoms with E-state index in [9.17, 15) is 9.59 Å². The maximum atomic E-state index is 14.2. The topological polar surface area (TPSA) is 92.3 Å². The van der Waals surface area contributed by atoms with E-state index >= 15 is 0 Å². The van der Waals surface area contributed by atoms with Crippen LogP contribution < -0.4 is 24.4 Å². The quantitative estimate of drug-likeness (QED) is 0.206. The van der Waals surface area contributed by atoms with Crippen LogP contribution in [-0.4, -0.2) is 23.9 Å². The third-order valence-corrected chi connectivity index (χ3v) is 9.02. The summed E-state index contributed by atoms with van der Waals surface area (Å²) in [5.74, 6) is 1.78. The van der Waals surface area contributed by atoms with Crippen molar-refractivity contribution >= 4 is 45.0 Å². The zero-order valence-electron chi connectivity index (χ0n) is 23.7. The van der Waals surface area contributed by atoms with Crippen LogP contribution in [-0.2, 0) is 9.53 Å². The summed E-state index contributed by atoms with van der Waals surface area (Å²) < 4.78 is 25.8. The smallest absolute Gasteiger partial charge is 0.338 e. The lowest BCUT2D eigenvalue weighted by Crippen LogP contribution is -2.40. The third-order valence-electron chi connectivity index (χ3n) is 7.38. The second-order valence-corrected chi connectivity index (χ2v) is 12.1. The molecule has 0 fully saturated rings. The number of aromatic nitrogens is 1. The van der Waals surface area contributed by atoms with Gasteiger partial charge in [-0.15, -0.1) is 0 Å². The van der Waals surface area contributed by atoms with E-state index in [1.807, 2.05) is 73.7 Å². The minimum atomic E-state index is -0.826. The molecule has 0 N–H and O–H groups in total. The van der Waals surface area contributed by atoms with Crippen LogP contribution in [0.5, 0.6) is 11.5 Å². The largest absolute Gasteiger partial charge is 0.463 e. The van der Waals surface area contributed by atoms with Crippen molar-refractivity contribution in [2.45, 2.75) is 19.9 Å². The summed E-state index contributed by atoms with van der Waals surface area (Å²) in [5, 5.41) is 0. The number of ether oxygens (including phenoxy) is 3. The maximum Gasteiger partial charge on any atom is 0.338 e. The Bertz CT molecular complexity index is 2140. The lowest BCUT2D eigenvalue weighted by molar-refractivity contribution is -0.138. The van der Waals surface area contributed by atoms with Gasteiger partial charge in [-0.1, -0.05) is 69.7 Å². The second kappa shape index (κ2) is 11.4. The van der Waals surface area contributed by atoms with Gasteiger partial charge in [-0.25, -0.2) is 9.79 Å². The Morgan fingerprint density at radius 1 is 1.07 bits per heavy atom. The van der Waals surface area contributed by atoms with Gasteiger partial charge in [0.15, 0.2) is 16.3 Å². The zero-order chi connectivity index (χ0) is 30.4. The number of esters is 1. The number of hydrogen-bond acceptors (Lipinski definition) is 8. The highest BCUT2D eigenvalue weighted by Gasteiger charge is 2.36. The molecule has 0 spiro atoms. The van der Waals surface area contributed by atoms with Gasteiger partial charge in [0.25, 0.3) is 5.56 Å². The molecule has 5 aromatic rings. The number of furan rings is 1. The highest BCUT2D eigenvalue weighted by molar-refractivity contribution is 9.10. The number of benzene rings is 3. The highest BCUT2D eigenvalue weighted by atomic mass is 79.9. The first-order chi connectivity index (χ1) is 21.4. The van der Waals surface area contributed by atoms with Crippen LogP contribution in [0.15, 0.2) is 103 Å². The van der Waals surface area contributed by atoms with Crippen molar-refractivity contribution in [2.75, 3.05) is 13.4 Å². The molecular formula is C34H25BrN2O6S. The van der Waals surface area contributed by atoms with Crippen molar-refractivity contribution in [3.63, 3.8) is 0 Å². The molecule has 2 aliphatic rings. The zero-order valence-corrected chi connectivity index (χ0v) is 26.1. The number of aryl methyl sites for hydroxylation is 1. The predicted octanol–water partition coefficient (Wildman–Crippen LogP) is 6.00. The first-order valence-corrected chi connectivity index (χ1v) is 15.6. The number of rotatable bonds is 6. The van der Waals surface area contributed by atoms with E-state index in [1.54, 1.807) is 29.7 Å². The van der Waals surface area contributed by atoms with E-state index in [2.05, 4.69) is 15.9 Å². The molecule has 8 nitrogen and oxygen atoms in total. The van der Waals surface area contributed by atoms with Gasteiger partial charge in [0.2, 0.25) is 6.79 Å². The summed E-state index contributed by atoms with van der Waals surface area (Å²) in [6, 6.07) is 23.8. The van der Waals surface area contributed by atoms with Crippen molar-refractivity contribution in [1.29, 1.82) is 0 Å². The van der Waals surface area contributed by atoms with Crippen LogP contribution in [0.25, 0.3) is 23.1 Å². The molecule has 0 bridgehead atoms. The summed E-state index contributed by atoms with van der Waals surface area (Å²) in [7, 11) is 0.